The first kappa shape index (κ1) is 24.2. The second-order valence-corrected chi connectivity index (χ2v) is 10.9. The molecule has 3 N–H and O–H groups in total. The van der Waals surface area contributed by atoms with Crippen LogP contribution in [0.4, 0.5) is 5.69 Å². The Bertz CT molecular complexity index is 1260. The standard InChI is InChI=1S/C25H32N4O4S/c1-3-29(19-11-9-18(10-12-19)16-26-34(2,32)33)25(31)21-14-20-22(13-17-7-5-4-6-8-17)27-28-23(20)15-24(21)30/h9-12,14-15,17,26,30H,3-8,13,16H2,1-2H3,(H,27,28). The Morgan fingerprint density at radius 1 is 1.18 bits per heavy atom. The second kappa shape index (κ2) is 10.1. The summed E-state index contributed by atoms with van der Waals surface area (Å²) in [4.78, 5) is 15.0. The van der Waals surface area contributed by atoms with Crippen LogP contribution in [0.15, 0.2) is 36.4 Å². The SMILES string of the molecule is CCN(C(=O)c1cc2c(CC3CCCCC3)[nH]nc2cc1O)c1ccc(CNS(C)(=O)=O)cc1. The predicted octanol–water partition coefficient (Wildman–Crippen LogP) is 4.11. The summed E-state index contributed by atoms with van der Waals surface area (Å²) < 4.78 is 25.1. The highest BCUT2D eigenvalue weighted by molar-refractivity contribution is 7.88. The minimum Gasteiger partial charge on any atom is -0.507 e. The molecule has 1 amide bonds. The van der Waals surface area contributed by atoms with Crippen LogP contribution in [0.25, 0.3) is 10.9 Å². The van der Waals surface area contributed by atoms with Gasteiger partial charge in [-0.1, -0.05) is 44.2 Å². The molecule has 0 aliphatic heterocycles. The van der Waals surface area contributed by atoms with Crippen molar-refractivity contribution in [2.24, 2.45) is 5.92 Å². The number of phenolic OH excluding ortho intramolecular Hbond substituents is 1. The summed E-state index contributed by atoms with van der Waals surface area (Å²) in [5.41, 5.74) is 3.37. The number of aromatic nitrogens is 2. The van der Waals surface area contributed by atoms with Gasteiger partial charge in [-0.15, -0.1) is 0 Å². The molecule has 0 spiro atoms. The highest BCUT2D eigenvalue weighted by Gasteiger charge is 2.23. The third-order valence-corrected chi connectivity index (χ3v) is 7.21. The maximum atomic E-state index is 13.4. The molecule has 1 saturated carbocycles. The first-order valence-corrected chi connectivity index (χ1v) is 13.7. The number of H-pyrrole nitrogens is 1. The van der Waals surface area contributed by atoms with E-state index < -0.39 is 10.0 Å². The van der Waals surface area contributed by atoms with Crippen LogP contribution < -0.4 is 9.62 Å². The van der Waals surface area contributed by atoms with Crippen LogP contribution >= 0.6 is 0 Å². The Morgan fingerprint density at radius 3 is 2.53 bits per heavy atom. The zero-order valence-corrected chi connectivity index (χ0v) is 20.5. The molecule has 0 atom stereocenters. The van der Waals surface area contributed by atoms with Crippen molar-refractivity contribution in [2.75, 3.05) is 17.7 Å². The second-order valence-electron chi connectivity index (χ2n) is 9.11. The number of carbonyl (C=O) groups is 1. The molecule has 0 radical (unpaired) electrons. The lowest BCUT2D eigenvalue weighted by molar-refractivity contribution is 0.0986. The maximum absolute atomic E-state index is 13.4. The fraction of sp³-hybridized carbons (Fsp3) is 0.440. The van der Waals surface area contributed by atoms with E-state index >= 15 is 0 Å². The van der Waals surface area contributed by atoms with Gasteiger partial charge < -0.3 is 10.0 Å². The highest BCUT2D eigenvalue weighted by Crippen LogP contribution is 2.32. The lowest BCUT2D eigenvalue weighted by Gasteiger charge is -2.22. The Morgan fingerprint density at radius 2 is 1.88 bits per heavy atom. The smallest absolute Gasteiger partial charge is 0.262 e. The van der Waals surface area contributed by atoms with Crippen LogP contribution in [0.2, 0.25) is 0 Å². The molecule has 0 saturated heterocycles. The van der Waals surface area contributed by atoms with Gasteiger partial charge in [0.1, 0.15) is 5.75 Å². The van der Waals surface area contributed by atoms with Crippen LogP contribution in [-0.2, 0) is 23.0 Å². The van der Waals surface area contributed by atoms with Crippen LogP contribution in [0.3, 0.4) is 0 Å². The zero-order chi connectivity index (χ0) is 24.3. The fourth-order valence-electron chi connectivity index (χ4n) is 4.70. The Kier molecular flexibility index (Phi) is 7.23. The number of aromatic hydroxyl groups is 1. The van der Waals surface area contributed by atoms with E-state index in [4.69, 9.17) is 0 Å². The number of benzene rings is 2. The molecule has 1 heterocycles. The van der Waals surface area contributed by atoms with Crippen molar-refractivity contribution in [3.63, 3.8) is 0 Å². The van der Waals surface area contributed by atoms with Gasteiger partial charge in [0.15, 0.2) is 0 Å². The molecule has 2 aromatic carbocycles. The highest BCUT2D eigenvalue weighted by atomic mass is 32.2. The predicted molar refractivity (Wildman–Crippen MR) is 134 cm³/mol. The first-order chi connectivity index (χ1) is 16.2. The van der Waals surface area contributed by atoms with Gasteiger partial charge in [-0.05, 0) is 43.0 Å². The maximum Gasteiger partial charge on any atom is 0.262 e. The van der Waals surface area contributed by atoms with Gasteiger partial charge in [0.25, 0.3) is 5.91 Å². The molecule has 4 rings (SSSR count). The number of hydrogen-bond donors (Lipinski definition) is 3. The van der Waals surface area contributed by atoms with E-state index in [0.717, 1.165) is 29.3 Å². The molecule has 1 fully saturated rings. The minimum absolute atomic E-state index is 0.0966. The Balaban J connectivity index is 1.57. The molecular formula is C25H32N4O4S. The van der Waals surface area contributed by atoms with Crippen molar-refractivity contribution in [3.05, 3.63) is 53.2 Å². The summed E-state index contributed by atoms with van der Waals surface area (Å²) >= 11 is 0. The van der Waals surface area contributed by atoms with E-state index in [1.54, 1.807) is 41.3 Å². The third kappa shape index (κ3) is 5.59. The van der Waals surface area contributed by atoms with Gasteiger partial charge in [-0.25, -0.2) is 13.1 Å². The number of rotatable bonds is 8. The Hall–Kier alpha value is -2.91. The number of nitrogens with zero attached hydrogens (tertiary/aromatic N) is 2. The summed E-state index contributed by atoms with van der Waals surface area (Å²) in [5.74, 6) is 0.225. The van der Waals surface area contributed by atoms with Crippen molar-refractivity contribution in [3.8, 4) is 5.75 Å². The van der Waals surface area contributed by atoms with E-state index in [-0.39, 0.29) is 23.8 Å². The number of carbonyl (C=O) groups excluding carboxylic acids is 1. The number of nitrogens with one attached hydrogen (secondary N) is 2. The van der Waals surface area contributed by atoms with Gasteiger partial charge >= 0.3 is 0 Å². The van der Waals surface area contributed by atoms with Gasteiger partial charge in [-0.2, -0.15) is 5.10 Å². The number of phenols is 1. The van der Waals surface area contributed by atoms with Gasteiger partial charge in [0, 0.05) is 35.9 Å². The monoisotopic (exact) mass is 484 g/mol. The van der Waals surface area contributed by atoms with Crippen molar-refractivity contribution in [1.29, 1.82) is 0 Å². The average molecular weight is 485 g/mol. The van der Waals surface area contributed by atoms with Gasteiger partial charge in [0.2, 0.25) is 10.0 Å². The van der Waals surface area contributed by atoms with Crippen molar-refractivity contribution in [1.82, 2.24) is 14.9 Å². The average Bonchev–Trinajstić information content (AvgIpc) is 3.19. The molecule has 34 heavy (non-hydrogen) atoms. The molecule has 182 valence electrons. The number of anilines is 1. The summed E-state index contributed by atoms with van der Waals surface area (Å²) in [5, 5.41) is 19.0. The van der Waals surface area contributed by atoms with Gasteiger partial charge in [-0.3, -0.25) is 9.89 Å². The van der Waals surface area contributed by atoms with Crippen molar-refractivity contribution in [2.45, 2.75) is 52.0 Å². The number of amides is 1. The molecule has 1 aliphatic rings. The van der Waals surface area contributed by atoms with E-state index in [9.17, 15) is 18.3 Å². The lowest BCUT2D eigenvalue weighted by atomic mass is 9.85. The molecule has 0 unspecified atom stereocenters. The number of aromatic amines is 1. The molecule has 8 nitrogen and oxygen atoms in total. The van der Waals surface area contributed by atoms with Crippen LogP contribution in [0, 0.1) is 5.92 Å². The minimum atomic E-state index is -3.28. The van der Waals surface area contributed by atoms with Crippen LogP contribution in [-0.4, -0.2) is 42.4 Å². The van der Waals surface area contributed by atoms with E-state index in [0.29, 0.717) is 23.7 Å². The molecule has 1 aromatic heterocycles. The largest absolute Gasteiger partial charge is 0.507 e. The van der Waals surface area contributed by atoms with E-state index in [2.05, 4.69) is 14.9 Å². The molecule has 3 aromatic rings. The molecular weight excluding hydrogens is 452 g/mol. The topological polar surface area (TPSA) is 115 Å². The van der Waals surface area contributed by atoms with Crippen molar-refractivity contribution >= 4 is 32.5 Å². The number of hydrogen-bond acceptors (Lipinski definition) is 5. The lowest BCUT2D eigenvalue weighted by Crippen LogP contribution is -2.30. The van der Waals surface area contributed by atoms with E-state index in [1.807, 2.05) is 6.92 Å². The summed E-state index contributed by atoms with van der Waals surface area (Å²) in [6.07, 6.45) is 8.26. The normalized spacial score (nSPS) is 15.0. The summed E-state index contributed by atoms with van der Waals surface area (Å²) in [6.45, 7) is 2.47. The van der Waals surface area contributed by atoms with Crippen LogP contribution in [0.5, 0.6) is 5.75 Å². The quantitative estimate of drug-likeness (QED) is 0.445. The summed E-state index contributed by atoms with van der Waals surface area (Å²) in [7, 11) is -3.28. The van der Waals surface area contributed by atoms with Crippen LogP contribution in [0.1, 0.15) is 60.6 Å². The van der Waals surface area contributed by atoms with Gasteiger partial charge in [0.05, 0.1) is 17.3 Å². The summed E-state index contributed by atoms with van der Waals surface area (Å²) in [6, 6.07) is 10.4. The molecule has 0 bridgehead atoms. The van der Waals surface area contributed by atoms with E-state index in [1.165, 1.54) is 32.1 Å². The molecule has 1 aliphatic carbocycles. The van der Waals surface area contributed by atoms with Crippen molar-refractivity contribution < 1.29 is 18.3 Å². The first-order valence-electron chi connectivity index (χ1n) is 11.8. The third-order valence-electron chi connectivity index (χ3n) is 6.55. The number of fused-ring (bicyclic) bond motifs is 1. The Labute approximate surface area is 200 Å². The number of sulfonamides is 1. The fourth-order valence-corrected chi connectivity index (χ4v) is 5.13. The zero-order valence-electron chi connectivity index (χ0n) is 19.7. The molecule has 9 heteroatoms.